The average Bonchev–Trinajstić information content (AvgIpc) is 2.05. The number of hydrogen-bond acceptors (Lipinski definition) is 2. The van der Waals surface area contributed by atoms with E-state index >= 15 is 0 Å². The van der Waals surface area contributed by atoms with Crippen molar-refractivity contribution in [2.45, 2.75) is 13.0 Å². The van der Waals surface area contributed by atoms with Crippen molar-refractivity contribution in [1.29, 1.82) is 0 Å². The summed E-state index contributed by atoms with van der Waals surface area (Å²) in [7, 11) is 0. The summed E-state index contributed by atoms with van der Waals surface area (Å²) in [4.78, 5) is 3.53. The number of pyridine rings is 1. The third kappa shape index (κ3) is 1.98. The standard InChI is InChI=1S/C7H7BrF2N2/c8-5-3-12-6(7(9)10)1-4(5)2-11/h1,3,7H,2,11H2. The van der Waals surface area contributed by atoms with E-state index in [0.717, 1.165) is 0 Å². The maximum Gasteiger partial charge on any atom is 0.280 e. The molecule has 0 saturated heterocycles. The molecule has 66 valence electrons. The van der Waals surface area contributed by atoms with E-state index in [0.29, 0.717) is 10.0 Å². The van der Waals surface area contributed by atoms with Crippen molar-refractivity contribution in [3.05, 3.63) is 28.0 Å². The lowest BCUT2D eigenvalue weighted by Gasteiger charge is -2.03. The van der Waals surface area contributed by atoms with Crippen LogP contribution in [0.25, 0.3) is 0 Å². The molecule has 12 heavy (non-hydrogen) atoms. The highest BCUT2D eigenvalue weighted by Gasteiger charge is 2.10. The van der Waals surface area contributed by atoms with E-state index in [2.05, 4.69) is 20.9 Å². The number of aromatic nitrogens is 1. The maximum atomic E-state index is 12.1. The fourth-order valence-corrected chi connectivity index (χ4v) is 1.15. The second kappa shape index (κ2) is 3.91. The number of rotatable bonds is 2. The van der Waals surface area contributed by atoms with Crippen molar-refractivity contribution in [3.63, 3.8) is 0 Å². The minimum Gasteiger partial charge on any atom is -0.326 e. The van der Waals surface area contributed by atoms with Crippen molar-refractivity contribution >= 4 is 15.9 Å². The number of nitrogens with zero attached hydrogens (tertiary/aromatic N) is 1. The Kier molecular flexibility index (Phi) is 3.11. The molecule has 0 atom stereocenters. The third-order valence-electron chi connectivity index (χ3n) is 1.40. The smallest absolute Gasteiger partial charge is 0.280 e. The number of hydrogen-bond donors (Lipinski definition) is 1. The second-order valence-electron chi connectivity index (χ2n) is 2.21. The molecule has 0 aliphatic heterocycles. The first-order valence-electron chi connectivity index (χ1n) is 3.27. The van der Waals surface area contributed by atoms with Gasteiger partial charge in [0.25, 0.3) is 6.43 Å². The Hall–Kier alpha value is -0.550. The van der Waals surface area contributed by atoms with Crippen LogP contribution < -0.4 is 5.73 Å². The van der Waals surface area contributed by atoms with Crippen molar-refractivity contribution in [3.8, 4) is 0 Å². The van der Waals surface area contributed by atoms with Gasteiger partial charge in [0.2, 0.25) is 0 Å². The van der Waals surface area contributed by atoms with Gasteiger partial charge in [-0.15, -0.1) is 0 Å². The van der Waals surface area contributed by atoms with Crippen LogP contribution in [0, 0.1) is 0 Å². The number of alkyl halides is 2. The van der Waals surface area contributed by atoms with Gasteiger partial charge in [-0.1, -0.05) is 0 Å². The highest BCUT2D eigenvalue weighted by atomic mass is 79.9. The van der Waals surface area contributed by atoms with Crippen molar-refractivity contribution in [1.82, 2.24) is 4.98 Å². The van der Waals surface area contributed by atoms with Crippen LogP contribution in [0.2, 0.25) is 0 Å². The van der Waals surface area contributed by atoms with Crippen LogP contribution in [0.15, 0.2) is 16.7 Å². The van der Waals surface area contributed by atoms with Gasteiger partial charge >= 0.3 is 0 Å². The summed E-state index contributed by atoms with van der Waals surface area (Å²) < 4.78 is 24.9. The number of halogens is 3. The molecule has 0 amide bonds. The molecular weight excluding hydrogens is 230 g/mol. The minimum absolute atomic E-state index is 0.225. The summed E-state index contributed by atoms with van der Waals surface area (Å²) in [5.41, 5.74) is 5.72. The molecule has 2 N–H and O–H groups in total. The first kappa shape index (κ1) is 9.54. The predicted octanol–water partition coefficient (Wildman–Crippen LogP) is 2.24. The van der Waals surface area contributed by atoms with Gasteiger partial charge in [0.1, 0.15) is 5.69 Å². The van der Waals surface area contributed by atoms with Gasteiger partial charge in [-0.3, -0.25) is 4.98 Å². The summed E-state index contributed by atoms with van der Waals surface area (Å²) in [5.74, 6) is 0. The summed E-state index contributed by atoms with van der Waals surface area (Å²) in [6.07, 6.45) is -1.20. The summed E-state index contributed by atoms with van der Waals surface area (Å²) in [6, 6.07) is 1.30. The lowest BCUT2D eigenvalue weighted by molar-refractivity contribution is 0.146. The molecule has 0 aromatic carbocycles. The topological polar surface area (TPSA) is 38.9 Å². The lowest BCUT2D eigenvalue weighted by atomic mass is 10.2. The number of nitrogens with two attached hydrogens (primary N) is 1. The van der Waals surface area contributed by atoms with Crippen LogP contribution >= 0.6 is 15.9 Å². The molecule has 1 aromatic rings. The molecule has 0 fully saturated rings. The van der Waals surface area contributed by atoms with E-state index in [1.54, 1.807) is 0 Å². The lowest BCUT2D eigenvalue weighted by Crippen LogP contribution is -2.00. The molecule has 1 rings (SSSR count). The molecule has 0 saturated carbocycles. The minimum atomic E-state index is -2.54. The average molecular weight is 237 g/mol. The van der Waals surface area contributed by atoms with Crippen molar-refractivity contribution < 1.29 is 8.78 Å². The Morgan fingerprint density at radius 2 is 2.25 bits per heavy atom. The van der Waals surface area contributed by atoms with E-state index in [1.165, 1.54) is 12.3 Å². The van der Waals surface area contributed by atoms with Gasteiger partial charge in [-0.25, -0.2) is 8.78 Å². The Labute approximate surface area is 76.9 Å². The van der Waals surface area contributed by atoms with Gasteiger partial charge in [-0.05, 0) is 27.6 Å². The first-order chi connectivity index (χ1) is 5.65. The quantitative estimate of drug-likeness (QED) is 0.856. The van der Waals surface area contributed by atoms with E-state index in [1.807, 2.05) is 0 Å². The molecule has 0 unspecified atom stereocenters. The fraction of sp³-hybridized carbons (Fsp3) is 0.286. The Morgan fingerprint density at radius 3 is 2.75 bits per heavy atom. The van der Waals surface area contributed by atoms with Crippen LogP contribution in [0.3, 0.4) is 0 Å². The van der Waals surface area contributed by atoms with Gasteiger partial charge in [0.05, 0.1) is 0 Å². The molecule has 0 bridgehead atoms. The highest BCUT2D eigenvalue weighted by Crippen LogP contribution is 2.21. The van der Waals surface area contributed by atoms with Crippen LogP contribution in [-0.2, 0) is 6.54 Å². The molecular formula is C7H7BrF2N2. The van der Waals surface area contributed by atoms with E-state index in [9.17, 15) is 8.78 Å². The summed E-state index contributed by atoms with van der Waals surface area (Å²) >= 11 is 3.15. The zero-order valence-corrected chi connectivity index (χ0v) is 7.68. The fourth-order valence-electron chi connectivity index (χ4n) is 0.775. The molecule has 0 radical (unpaired) electrons. The first-order valence-corrected chi connectivity index (χ1v) is 4.07. The largest absolute Gasteiger partial charge is 0.326 e. The molecule has 1 aromatic heterocycles. The van der Waals surface area contributed by atoms with E-state index in [4.69, 9.17) is 5.73 Å². The van der Waals surface area contributed by atoms with Crippen LogP contribution in [-0.4, -0.2) is 4.98 Å². The van der Waals surface area contributed by atoms with Gasteiger partial charge in [-0.2, -0.15) is 0 Å². The van der Waals surface area contributed by atoms with Crippen molar-refractivity contribution in [2.24, 2.45) is 5.73 Å². The maximum absolute atomic E-state index is 12.1. The van der Waals surface area contributed by atoms with Gasteiger partial charge < -0.3 is 5.73 Å². The zero-order chi connectivity index (χ0) is 9.14. The van der Waals surface area contributed by atoms with E-state index < -0.39 is 6.43 Å². The SMILES string of the molecule is NCc1cc(C(F)F)ncc1Br. The summed E-state index contributed by atoms with van der Waals surface area (Å²) in [5, 5.41) is 0. The molecule has 0 aliphatic carbocycles. The molecule has 2 nitrogen and oxygen atoms in total. The molecule has 0 aliphatic rings. The van der Waals surface area contributed by atoms with Gasteiger partial charge in [0.15, 0.2) is 0 Å². The van der Waals surface area contributed by atoms with Crippen LogP contribution in [0.4, 0.5) is 8.78 Å². The third-order valence-corrected chi connectivity index (χ3v) is 2.11. The predicted molar refractivity (Wildman–Crippen MR) is 44.8 cm³/mol. The normalized spacial score (nSPS) is 10.8. The molecule has 1 heterocycles. The summed E-state index contributed by atoms with van der Waals surface area (Å²) in [6.45, 7) is 0.225. The van der Waals surface area contributed by atoms with Gasteiger partial charge in [0, 0.05) is 17.2 Å². The van der Waals surface area contributed by atoms with Crippen LogP contribution in [0.5, 0.6) is 0 Å². The zero-order valence-electron chi connectivity index (χ0n) is 6.10. The molecule has 5 heteroatoms. The van der Waals surface area contributed by atoms with Crippen molar-refractivity contribution in [2.75, 3.05) is 0 Å². The Bertz CT molecular complexity index is 278. The van der Waals surface area contributed by atoms with E-state index in [-0.39, 0.29) is 12.2 Å². The van der Waals surface area contributed by atoms with Crippen LogP contribution in [0.1, 0.15) is 17.7 Å². The Morgan fingerprint density at radius 1 is 1.58 bits per heavy atom. The Balaban J connectivity index is 3.05. The molecule has 0 spiro atoms. The highest BCUT2D eigenvalue weighted by molar-refractivity contribution is 9.10. The monoisotopic (exact) mass is 236 g/mol. The second-order valence-corrected chi connectivity index (χ2v) is 3.06.